The highest BCUT2D eigenvalue weighted by Gasteiger charge is 2.11. The Morgan fingerprint density at radius 2 is 2.18 bits per heavy atom. The van der Waals surface area contributed by atoms with E-state index in [9.17, 15) is 0 Å². The van der Waals surface area contributed by atoms with Crippen LogP contribution in [-0.4, -0.2) is 48.2 Å². The second kappa shape index (κ2) is 8.31. The summed E-state index contributed by atoms with van der Waals surface area (Å²) in [5, 5.41) is 15.0. The number of hydrogen-bond donors (Lipinski definition) is 3. The third-order valence-corrected chi connectivity index (χ3v) is 3.36. The van der Waals surface area contributed by atoms with E-state index in [0.29, 0.717) is 18.3 Å². The summed E-state index contributed by atoms with van der Waals surface area (Å²) in [6.45, 7) is 6.84. The van der Waals surface area contributed by atoms with Crippen molar-refractivity contribution in [3.05, 3.63) is 0 Å². The molecule has 1 rings (SSSR count). The van der Waals surface area contributed by atoms with Crippen molar-refractivity contribution in [2.45, 2.75) is 45.1 Å². The summed E-state index contributed by atoms with van der Waals surface area (Å²) < 4.78 is 0. The van der Waals surface area contributed by atoms with Crippen LogP contribution in [0.3, 0.4) is 0 Å². The highest BCUT2D eigenvalue weighted by Crippen LogP contribution is 2.07. The molecule has 5 heteroatoms. The third kappa shape index (κ3) is 5.89. The summed E-state index contributed by atoms with van der Waals surface area (Å²) in [4.78, 5) is 2.52. The lowest BCUT2D eigenvalue weighted by Gasteiger charge is -2.18. The van der Waals surface area contributed by atoms with E-state index in [-0.39, 0.29) is 0 Å². The van der Waals surface area contributed by atoms with Crippen molar-refractivity contribution in [1.82, 2.24) is 10.2 Å². The number of rotatable bonds is 8. The van der Waals surface area contributed by atoms with Crippen molar-refractivity contribution in [3.63, 3.8) is 0 Å². The highest BCUT2D eigenvalue weighted by atomic mass is 16.4. The van der Waals surface area contributed by atoms with Crippen LogP contribution < -0.4 is 11.1 Å². The average molecular weight is 242 g/mol. The van der Waals surface area contributed by atoms with Gasteiger partial charge < -0.3 is 21.2 Å². The minimum atomic E-state index is 0.309. The monoisotopic (exact) mass is 242 g/mol. The predicted octanol–water partition coefficient (Wildman–Crippen LogP) is 0.977. The topological polar surface area (TPSA) is 73.9 Å². The first-order chi connectivity index (χ1) is 8.26. The van der Waals surface area contributed by atoms with Crippen molar-refractivity contribution >= 4 is 5.84 Å². The molecule has 1 aliphatic rings. The van der Waals surface area contributed by atoms with Crippen molar-refractivity contribution in [1.29, 1.82) is 0 Å². The molecule has 4 N–H and O–H groups in total. The van der Waals surface area contributed by atoms with Crippen LogP contribution in [-0.2, 0) is 0 Å². The maximum Gasteiger partial charge on any atom is 0.140 e. The second-order valence-corrected chi connectivity index (χ2v) is 4.76. The Morgan fingerprint density at radius 3 is 2.76 bits per heavy atom. The summed E-state index contributed by atoms with van der Waals surface area (Å²) >= 11 is 0. The van der Waals surface area contributed by atoms with E-state index < -0.39 is 0 Å². The molecule has 0 spiro atoms. The molecule has 1 fully saturated rings. The second-order valence-electron chi connectivity index (χ2n) is 4.76. The van der Waals surface area contributed by atoms with Crippen LogP contribution in [0.1, 0.15) is 39.0 Å². The van der Waals surface area contributed by atoms with E-state index in [0.717, 1.165) is 13.0 Å². The van der Waals surface area contributed by atoms with Gasteiger partial charge in [-0.25, -0.2) is 0 Å². The fourth-order valence-corrected chi connectivity index (χ4v) is 2.27. The van der Waals surface area contributed by atoms with Crippen LogP contribution in [0.15, 0.2) is 5.16 Å². The molecule has 1 unspecified atom stereocenters. The molecule has 1 saturated heterocycles. The zero-order valence-corrected chi connectivity index (χ0v) is 10.9. The van der Waals surface area contributed by atoms with Gasteiger partial charge in [-0.2, -0.15) is 0 Å². The lowest BCUT2D eigenvalue weighted by Crippen LogP contribution is -2.35. The Hall–Kier alpha value is -0.810. The average Bonchev–Trinajstić information content (AvgIpc) is 2.85. The summed E-state index contributed by atoms with van der Waals surface area (Å²) in [6.07, 6.45) is 5.51. The maximum atomic E-state index is 8.52. The molecule has 0 aromatic heterocycles. The summed E-state index contributed by atoms with van der Waals surface area (Å²) in [5.74, 6) is 0.309. The van der Waals surface area contributed by atoms with E-state index in [1.807, 2.05) is 0 Å². The first kappa shape index (κ1) is 14.3. The number of hydrogen-bond acceptors (Lipinski definition) is 4. The Balaban J connectivity index is 2.06. The lowest BCUT2D eigenvalue weighted by atomic mass is 10.1. The minimum Gasteiger partial charge on any atom is -0.409 e. The SMILES string of the molecule is CCC(C/C(N)=N/O)NCCCN1CCCC1. The molecule has 0 aromatic rings. The predicted molar refractivity (Wildman–Crippen MR) is 70.4 cm³/mol. The van der Waals surface area contributed by atoms with E-state index >= 15 is 0 Å². The molecule has 0 aromatic carbocycles. The van der Waals surface area contributed by atoms with Crippen molar-refractivity contribution in [2.75, 3.05) is 26.2 Å². The zero-order chi connectivity index (χ0) is 12.5. The van der Waals surface area contributed by atoms with Gasteiger partial charge in [-0.15, -0.1) is 0 Å². The number of nitrogens with two attached hydrogens (primary N) is 1. The van der Waals surface area contributed by atoms with Gasteiger partial charge in [0.1, 0.15) is 5.84 Å². The first-order valence-corrected chi connectivity index (χ1v) is 6.68. The van der Waals surface area contributed by atoms with Crippen molar-refractivity contribution < 1.29 is 5.21 Å². The molecule has 0 saturated carbocycles. The van der Waals surface area contributed by atoms with Gasteiger partial charge in [-0.3, -0.25) is 0 Å². The van der Waals surface area contributed by atoms with E-state index in [2.05, 4.69) is 22.3 Å². The molecule has 0 radical (unpaired) electrons. The Labute approximate surface area is 104 Å². The Bertz CT molecular complexity index is 227. The van der Waals surface area contributed by atoms with Crippen LogP contribution in [0.25, 0.3) is 0 Å². The van der Waals surface area contributed by atoms with Crippen LogP contribution in [0.2, 0.25) is 0 Å². The van der Waals surface area contributed by atoms with E-state index in [1.54, 1.807) is 0 Å². The Kier molecular flexibility index (Phi) is 6.96. The third-order valence-electron chi connectivity index (χ3n) is 3.36. The fourth-order valence-electron chi connectivity index (χ4n) is 2.27. The van der Waals surface area contributed by atoms with Crippen molar-refractivity contribution in [3.8, 4) is 0 Å². The standard InChI is InChI=1S/C12H26N4O/c1-2-11(10-12(13)15-17)14-6-5-9-16-7-3-4-8-16/h11,14,17H,2-10H2,1H3,(H2,13,15). The molecule has 5 nitrogen and oxygen atoms in total. The largest absolute Gasteiger partial charge is 0.409 e. The van der Waals surface area contributed by atoms with Gasteiger partial charge in [0.25, 0.3) is 0 Å². The van der Waals surface area contributed by atoms with Gasteiger partial charge in [0.2, 0.25) is 0 Å². The normalized spacial score (nSPS) is 19.7. The van der Waals surface area contributed by atoms with E-state index in [1.165, 1.54) is 38.9 Å². The van der Waals surface area contributed by atoms with Crippen LogP contribution in [0.4, 0.5) is 0 Å². The molecule has 17 heavy (non-hydrogen) atoms. The molecular formula is C12H26N4O. The van der Waals surface area contributed by atoms with Gasteiger partial charge >= 0.3 is 0 Å². The minimum absolute atomic E-state index is 0.309. The Morgan fingerprint density at radius 1 is 1.47 bits per heavy atom. The van der Waals surface area contributed by atoms with Gasteiger partial charge in [-0.1, -0.05) is 12.1 Å². The zero-order valence-electron chi connectivity index (χ0n) is 10.9. The molecule has 1 aliphatic heterocycles. The number of likely N-dealkylation sites (tertiary alicyclic amines) is 1. The molecule has 0 aliphatic carbocycles. The van der Waals surface area contributed by atoms with Crippen LogP contribution >= 0.6 is 0 Å². The van der Waals surface area contributed by atoms with Crippen LogP contribution in [0, 0.1) is 0 Å². The molecule has 1 heterocycles. The van der Waals surface area contributed by atoms with Crippen molar-refractivity contribution in [2.24, 2.45) is 10.9 Å². The smallest absolute Gasteiger partial charge is 0.140 e. The fraction of sp³-hybridized carbons (Fsp3) is 0.917. The summed E-state index contributed by atoms with van der Waals surface area (Å²) in [7, 11) is 0. The summed E-state index contributed by atoms with van der Waals surface area (Å²) in [5.41, 5.74) is 5.50. The molecule has 0 bridgehead atoms. The molecular weight excluding hydrogens is 216 g/mol. The number of nitrogens with one attached hydrogen (secondary N) is 1. The van der Waals surface area contributed by atoms with Crippen LogP contribution in [0.5, 0.6) is 0 Å². The lowest BCUT2D eigenvalue weighted by molar-refractivity contribution is 0.314. The van der Waals surface area contributed by atoms with Gasteiger partial charge in [0, 0.05) is 12.5 Å². The maximum absolute atomic E-state index is 8.52. The van der Waals surface area contributed by atoms with E-state index in [4.69, 9.17) is 10.9 Å². The van der Waals surface area contributed by atoms with Gasteiger partial charge in [-0.05, 0) is 51.9 Å². The number of nitrogens with zero attached hydrogens (tertiary/aromatic N) is 2. The summed E-state index contributed by atoms with van der Waals surface area (Å²) in [6, 6.07) is 0.324. The quantitative estimate of drug-likeness (QED) is 0.195. The number of oxime groups is 1. The molecule has 0 amide bonds. The van der Waals surface area contributed by atoms with Gasteiger partial charge in [0.15, 0.2) is 0 Å². The van der Waals surface area contributed by atoms with Gasteiger partial charge in [0.05, 0.1) is 0 Å². The number of amidine groups is 1. The molecule has 100 valence electrons. The molecule has 1 atom stereocenters. The first-order valence-electron chi connectivity index (χ1n) is 6.68. The highest BCUT2D eigenvalue weighted by molar-refractivity contribution is 5.80.